The molecule has 4 rings (SSSR count). The molecule has 7 nitrogen and oxygen atoms in total. The molecule has 138 valence electrons. The molecule has 1 fully saturated rings. The molecule has 0 bridgehead atoms. The number of hydrogen-bond donors (Lipinski definition) is 2. The second-order valence-electron chi connectivity index (χ2n) is 6.57. The number of amides is 2. The van der Waals surface area contributed by atoms with E-state index in [2.05, 4.69) is 15.5 Å². The molecule has 1 aromatic carbocycles. The van der Waals surface area contributed by atoms with E-state index in [-0.39, 0.29) is 17.5 Å². The smallest absolute Gasteiger partial charge is 0.275 e. The lowest BCUT2D eigenvalue weighted by atomic mass is 10.0. The van der Waals surface area contributed by atoms with Crippen LogP contribution in [0.1, 0.15) is 21.8 Å². The topological polar surface area (TPSA) is 91.2 Å². The van der Waals surface area contributed by atoms with Gasteiger partial charge in [-0.25, -0.2) is 0 Å². The van der Waals surface area contributed by atoms with E-state index in [0.717, 1.165) is 11.3 Å². The second-order valence-corrected chi connectivity index (χ2v) is 6.57. The number of benzene rings is 1. The number of nitrogens with one attached hydrogen (secondary N) is 2. The van der Waals surface area contributed by atoms with E-state index in [1.807, 2.05) is 49.4 Å². The van der Waals surface area contributed by atoms with Crippen LogP contribution in [0.2, 0.25) is 0 Å². The predicted molar refractivity (Wildman–Crippen MR) is 99.0 cm³/mol. The Morgan fingerprint density at radius 2 is 2.07 bits per heavy atom. The summed E-state index contributed by atoms with van der Waals surface area (Å²) in [5, 5.41) is 9.82. The van der Waals surface area contributed by atoms with Gasteiger partial charge in [-0.2, -0.15) is 5.10 Å². The predicted octanol–water partition coefficient (Wildman–Crippen LogP) is 2.16. The van der Waals surface area contributed by atoms with Crippen molar-refractivity contribution >= 4 is 11.8 Å². The maximum Gasteiger partial charge on any atom is 0.275 e. The maximum atomic E-state index is 13.0. The molecule has 7 heteroatoms. The van der Waals surface area contributed by atoms with Crippen LogP contribution in [-0.4, -0.2) is 46.0 Å². The summed E-state index contributed by atoms with van der Waals surface area (Å²) in [5.74, 6) is 0.992. The summed E-state index contributed by atoms with van der Waals surface area (Å²) < 4.78 is 5.57. The molecule has 2 aromatic heterocycles. The third-order valence-corrected chi connectivity index (χ3v) is 4.67. The van der Waals surface area contributed by atoms with Gasteiger partial charge in [-0.3, -0.25) is 14.7 Å². The Morgan fingerprint density at radius 1 is 1.26 bits per heavy atom. The van der Waals surface area contributed by atoms with Crippen LogP contribution in [0.5, 0.6) is 0 Å². The molecule has 1 saturated heterocycles. The van der Waals surface area contributed by atoms with Crippen LogP contribution in [0.15, 0.2) is 52.9 Å². The van der Waals surface area contributed by atoms with E-state index in [0.29, 0.717) is 31.0 Å². The monoisotopic (exact) mass is 364 g/mol. The normalized spacial score (nSPS) is 17.0. The number of aryl methyl sites for hydroxylation is 1. The number of nitrogens with zero attached hydrogens (tertiary/aromatic N) is 2. The average Bonchev–Trinajstić information content (AvgIpc) is 3.33. The number of H-pyrrole nitrogens is 1. The highest BCUT2D eigenvalue weighted by Gasteiger charge is 2.34. The molecule has 27 heavy (non-hydrogen) atoms. The first-order valence-corrected chi connectivity index (χ1v) is 8.86. The van der Waals surface area contributed by atoms with Crippen molar-refractivity contribution in [1.29, 1.82) is 0 Å². The van der Waals surface area contributed by atoms with Gasteiger partial charge in [0.2, 0.25) is 5.91 Å². The first kappa shape index (κ1) is 17.1. The SMILES string of the molecule is Cc1ccc(-c2cc(C(=O)N3CCNC(=O)C3Cc3ccccc3)n[nH]2)o1. The Labute approximate surface area is 156 Å². The summed E-state index contributed by atoms with van der Waals surface area (Å²) in [6.45, 7) is 2.74. The lowest BCUT2D eigenvalue weighted by molar-refractivity contribution is -0.127. The number of carbonyl (C=O) groups excluding carboxylic acids is 2. The fraction of sp³-hybridized carbons (Fsp3) is 0.250. The Morgan fingerprint density at radius 3 is 2.81 bits per heavy atom. The minimum absolute atomic E-state index is 0.143. The molecule has 0 aliphatic carbocycles. The maximum absolute atomic E-state index is 13.0. The van der Waals surface area contributed by atoms with E-state index < -0.39 is 6.04 Å². The standard InChI is InChI=1S/C20H20N4O3/c1-13-7-8-18(27-13)15-12-16(23-22-15)20(26)24-10-9-21-19(25)17(24)11-14-5-3-2-4-6-14/h2-8,12,17H,9-11H2,1H3,(H,21,25)(H,22,23). The van der Waals surface area contributed by atoms with Gasteiger partial charge < -0.3 is 14.6 Å². The summed E-state index contributed by atoms with van der Waals surface area (Å²) in [4.78, 5) is 27.1. The van der Waals surface area contributed by atoms with Crippen molar-refractivity contribution < 1.29 is 14.0 Å². The summed E-state index contributed by atoms with van der Waals surface area (Å²) in [6, 6.07) is 14.5. The zero-order chi connectivity index (χ0) is 18.8. The quantitative estimate of drug-likeness (QED) is 0.742. The van der Waals surface area contributed by atoms with Crippen LogP contribution in [-0.2, 0) is 11.2 Å². The van der Waals surface area contributed by atoms with Crippen LogP contribution in [0, 0.1) is 6.92 Å². The molecule has 1 unspecified atom stereocenters. The van der Waals surface area contributed by atoms with Gasteiger partial charge in [-0.05, 0) is 24.6 Å². The number of piperazine rings is 1. The summed E-state index contributed by atoms with van der Waals surface area (Å²) in [5.41, 5.74) is 1.91. The first-order valence-electron chi connectivity index (χ1n) is 8.86. The fourth-order valence-electron chi connectivity index (χ4n) is 3.28. The van der Waals surface area contributed by atoms with Crippen LogP contribution < -0.4 is 5.32 Å². The van der Waals surface area contributed by atoms with E-state index in [4.69, 9.17) is 4.42 Å². The van der Waals surface area contributed by atoms with Crippen LogP contribution >= 0.6 is 0 Å². The molecule has 2 amide bonds. The Kier molecular flexibility index (Phi) is 4.50. The molecule has 0 radical (unpaired) electrons. The van der Waals surface area contributed by atoms with Crippen molar-refractivity contribution in [3.8, 4) is 11.5 Å². The molecule has 0 saturated carbocycles. The second kappa shape index (κ2) is 7.11. The molecule has 3 heterocycles. The molecule has 3 aromatic rings. The first-order chi connectivity index (χ1) is 13.1. The van der Waals surface area contributed by atoms with E-state index in [9.17, 15) is 9.59 Å². The van der Waals surface area contributed by atoms with Gasteiger partial charge >= 0.3 is 0 Å². The van der Waals surface area contributed by atoms with Gasteiger partial charge in [0, 0.05) is 25.6 Å². The van der Waals surface area contributed by atoms with Gasteiger partial charge in [0.05, 0.1) is 0 Å². The van der Waals surface area contributed by atoms with Crippen molar-refractivity contribution in [2.24, 2.45) is 0 Å². The number of carbonyl (C=O) groups is 2. The van der Waals surface area contributed by atoms with Crippen molar-refractivity contribution in [2.45, 2.75) is 19.4 Å². The summed E-state index contributed by atoms with van der Waals surface area (Å²) in [7, 11) is 0. The van der Waals surface area contributed by atoms with Crippen molar-refractivity contribution in [2.75, 3.05) is 13.1 Å². The van der Waals surface area contributed by atoms with Gasteiger partial charge in [-0.1, -0.05) is 30.3 Å². The van der Waals surface area contributed by atoms with Crippen molar-refractivity contribution in [3.05, 3.63) is 65.5 Å². The van der Waals surface area contributed by atoms with Crippen LogP contribution in [0.25, 0.3) is 11.5 Å². The van der Waals surface area contributed by atoms with E-state index in [1.54, 1.807) is 11.0 Å². The molecule has 0 spiro atoms. The van der Waals surface area contributed by atoms with Gasteiger partial charge in [0.15, 0.2) is 11.5 Å². The summed E-state index contributed by atoms with van der Waals surface area (Å²) in [6.07, 6.45) is 0.465. The minimum Gasteiger partial charge on any atom is -0.460 e. The zero-order valence-electron chi connectivity index (χ0n) is 14.9. The highest BCUT2D eigenvalue weighted by molar-refractivity contribution is 5.97. The number of hydrogen-bond acceptors (Lipinski definition) is 4. The highest BCUT2D eigenvalue weighted by atomic mass is 16.3. The molecule has 2 N–H and O–H groups in total. The third-order valence-electron chi connectivity index (χ3n) is 4.67. The largest absolute Gasteiger partial charge is 0.460 e. The molecule has 1 atom stereocenters. The number of aromatic nitrogens is 2. The van der Waals surface area contributed by atoms with Gasteiger partial charge in [0.1, 0.15) is 17.5 Å². The lowest BCUT2D eigenvalue weighted by Crippen LogP contribution is -2.58. The summed E-state index contributed by atoms with van der Waals surface area (Å²) >= 11 is 0. The van der Waals surface area contributed by atoms with E-state index in [1.165, 1.54) is 0 Å². The lowest BCUT2D eigenvalue weighted by Gasteiger charge is -2.34. The van der Waals surface area contributed by atoms with Gasteiger partial charge in [-0.15, -0.1) is 0 Å². The van der Waals surface area contributed by atoms with Crippen molar-refractivity contribution in [1.82, 2.24) is 20.4 Å². The number of aromatic amines is 1. The highest BCUT2D eigenvalue weighted by Crippen LogP contribution is 2.22. The number of furan rings is 1. The van der Waals surface area contributed by atoms with Crippen LogP contribution in [0.3, 0.4) is 0 Å². The minimum atomic E-state index is -0.556. The molecular formula is C20H20N4O3. The Bertz CT molecular complexity index is 961. The Balaban J connectivity index is 1.57. The molecule has 1 aliphatic rings. The van der Waals surface area contributed by atoms with Crippen molar-refractivity contribution in [3.63, 3.8) is 0 Å². The van der Waals surface area contributed by atoms with Gasteiger partial charge in [0.25, 0.3) is 5.91 Å². The average molecular weight is 364 g/mol. The number of rotatable bonds is 4. The molecule has 1 aliphatic heterocycles. The fourth-order valence-corrected chi connectivity index (χ4v) is 3.28. The zero-order valence-corrected chi connectivity index (χ0v) is 14.9. The Hall–Kier alpha value is -3.35. The molecular weight excluding hydrogens is 344 g/mol. The van der Waals surface area contributed by atoms with Crippen LogP contribution in [0.4, 0.5) is 0 Å². The third kappa shape index (κ3) is 3.48. The van der Waals surface area contributed by atoms with E-state index >= 15 is 0 Å².